The normalized spacial score (nSPS) is 21.7. The lowest BCUT2D eigenvalue weighted by Gasteiger charge is -2.47. The molecule has 6 atom stereocenters. The number of pyridine rings is 3. The second-order valence-electron chi connectivity index (χ2n) is 31.3. The van der Waals surface area contributed by atoms with Gasteiger partial charge in [-0.2, -0.15) is 39.5 Å². The van der Waals surface area contributed by atoms with Gasteiger partial charge in [0.25, 0.3) is 0 Å². The molecule has 542 valence electrons. The van der Waals surface area contributed by atoms with Crippen LogP contribution in [0.3, 0.4) is 0 Å². The van der Waals surface area contributed by atoms with Gasteiger partial charge in [-0.3, -0.25) is 15.0 Å². The average molecular weight is 1400 g/mol. The average Bonchev–Trinajstić information content (AvgIpc) is 1.64. The molecule has 22 heteroatoms. The first-order valence-electron chi connectivity index (χ1n) is 35.2. The lowest BCUT2D eigenvalue weighted by atomic mass is 9.68. The van der Waals surface area contributed by atoms with Crippen LogP contribution in [0.4, 0.5) is 49.1 Å². The summed E-state index contributed by atoms with van der Waals surface area (Å²) < 4.78 is 126. The molecule has 0 saturated heterocycles. The van der Waals surface area contributed by atoms with E-state index in [1.165, 1.54) is 79.2 Å². The van der Waals surface area contributed by atoms with E-state index in [9.17, 15) is 49.1 Å². The van der Waals surface area contributed by atoms with Crippen molar-refractivity contribution in [3.8, 4) is 0 Å². The molecular formula is C78H98F9N9O4. The molecule has 2 N–H and O–H groups in total. The van der Waals surface area contributed by atoms with Gasteiger partial charge >= 0.3 is 30.7 Å². The first-order chi connectivity index (χ1) is 47.2. The van der Waals surface area contributed by atoms with E-state index in [1.54, 1.807) is 0 Å². The molecular weight excluding hydrogens is 1300 g/mol. The number of nitrogens with zero attached hydrogens (tertiary/aromatic N) is 7. The maximum Gasteiger partial charge on any atom is 0.433 e. The number of halogens is 9. The second-order valence-corrected chi connectivity index (χ2v) is 31.3. The van der Waals surface area contributed by atoms with Crippen LogP contribution in [-0.2, 0) is 47.6 Å². The Kier molecular flexibility index (Phi) is 23.6. The van der Waals surface area contributed by atoms with Crippen molar-refractivity contribution in [2.75, 3.05) is 53.4 Å². The number of carbonyl (C=O) groups excluding carboxylic acids is 2. The minimum atomic E-state index is -4.44. The van der Waals surface area contributed by atoms with Gasteiger partial charge in [-0.1, -0.05) is 128 Å². The smallest absolute Gasteiger partial charge is 0.433 e. The number of benzene rings is 3. The number of nitrogens with one attached hydrogen (secondary N) is 2. The van der Waals surface area contributed by atoms with Crippen molar-refractivity contribution in [1.29, 1.82) is 0 Å². The Labute approximate surface area is 583 Å². The molecule has 12 rings (SSSR count). The maximum atomic E-state index is 13.3. The third kappa shape index (κ3) is 21.2. The molecule has 6 aliphatic rings. The summed E-state index contributed by atoms with van der Waals surface area (Å²) in [6.07, 6.45) is 3.01. The quantitative estimate of drug-likeness (QED) is 0.0562. The fraction of sp³-hybridized carbons (Fsp3) is 0.551. The van der Waals surface area contributed by atoms with E-state index in [0.29, 0.717) is 68.6 Å². The fourth-order valence-electron chi connectivity index (χ4n) is 14.6. The van der Waals surface area contributed by atoms with Crippen molar-refractivity contribution in [3.63, 3.8) is 0 Å². The van der Waals surface area contributed by atoms with Crippen LogP contribution in [0.5, 0.6) is 0 Å². The number of alkyl halides is 9. The van der Waals surface area contributed by atoms with Gasteiger partial charge in [0, 0.05) is 124 Å². The SMILES string of the molecule is CC(C)(C)OC(=O)N(CC1(CNCc2ccc(C(F)(F)F)nc2)CCC1)[C@H]1CC1c1ccccc1.CN(Cc1ccc(C(F)(F)F)nc1)CC1(CN(C(=O)OC(C)(C)C)[C@H]2CC2c2ccccc2)CCC1.CN(Cc1ccc(C(F)(F)F)nc1)CC1(CN[C@H]2CC2c2ccccc2)CCC1. The van der Waals surface area contributed by atoms with Gasteiger partial charge < -0.3 is 39.7 Å². The van der Waals surface area contributed by atoms with E-state index < -0.39 is 46.8 Å². The molecule has 0 bridgehead atoms. The molecule has 0 radical (unpaired) electrons. The topological polar surface area (TPSA) is 128 Å². The van der Waals surface area contributed by atoms with Crippen molar-refractivity contribution in [2.24, 2.45) is 16.2 Å². The van der Waals surface area contributed by atoms with Crippen LogP contribution < -0.4 is 10.6 Å². The van der Waals surface area contributed by atoms with Crippen molar-refractivity contribution in [3.05, 3.63) is 196 Å². The molecule has 6 fully saturated rings. The van der Waals surface area contributed by atoms with Crippen molar-refractivity contribution >= 4 is 12.2 Å². The molecule has 6 aliphatic carbocycles. The molecule has 3 unspecified atom stereocenters. The summed E-state index contributed by atoms with van der Waals surface area (Å²) in [5.74, 6) is 1.25. The first kappa shape index (κ1) is 75.5. The number of amides is 2. The Morgan fingerprint density at radius 3 is 1.14 bits per heavy atom. The monoisotopic (exact) mass is 1400 g/mol. The first-order valence-corrected chi connectivity index (χ1v) is 35.2. The largest absolute Gasteiger partial charge is 0.444 e. The maximum absolute atomic E-state index is 13.3. The number of rotatable bonds is 24. The third-order valence-corrected chi connectivity index (χ3v) is 20.3. The van der Waals surface area contributed by atoms with E-state index in [2.05, 4.69) is 90.0 Å². The minimum absolute atomic E-state index is 0.0607. The Balaban J connectivity index is 0.000000163. The third-order valence-electron chi connectivity index (χ3n) is 20.3. The van der Waals surface area contributed by atoms with Gasteiger partial charge in [0.15, 0.2) is 0 Å². The highest BCUT2D eigenvalue weighted by Gasteiger charge is 2.52. The van der Waals surface area contributed by atoms with Crippen molar-refractivity contribution < 1.29 is 58.6 Å². The molecule has 3 aromatic heterocycles. The molecule has 3 heterocycles. The van der Waals surface area contributed by atoms with E-state index in [4.69, 9.17) is 9.47 Å². The Hall–Kier alpha value is -7.14. The Bertz CT molecular complexity index is 3580. The Morgan fingerprint density at radius 2 is 0.800 bits per heavy atom. The summed E-state index contributed by atoms with van der Waals surface area (Å²) in [7, 11) is 4.01. The van der Waals surface area contributed by atoms with Crippen LogP contribution in [0, 0.1) is 16.2 Å². The van der Waals surface area contributed by atoms with Crippen LogP contribution in [0.1, 0.15) is 187 Å². The van der Waals surface area contributed by atoms with Crippen molar-refractivity contribution in [1.82, 2.24) is 45.2 Å². The zero-order chi connectivity index (χ0) is 71.9. The number of aromatic nitrogens is 3. The summed E-state index contributed by atoms with van der Waals surface area (Å²) in [5.41, 5.74) is 2.53. The number of hydrogen-bond acceptors (Lipinski definition) is 11. The highest BCUT2D eigenvalue weighted by molar-refractivity contribution is 5.70. The lowest BCUT2D eigenvalue weighted by molar-refractivity contribution is -0.142. The highest BCUT2D eigenvalue weighted by atomic mass is 19.4. The Morgan fingerprint density at radius 1 is 0.450 bits per heavy atom. The van der Waals surface area contributed by atoms with E-state index in [-0.39, 0.29) is 40.5 Å². The van der Waals surface area contributed by atoms with Crippen LogP contribution in [0.15, 0.2) is 146 Å². The molecule has 100 heavy (non-hydrogen) atoms. The fourth-order valence-corrected chi connectivity index (χ4v) is 14.6. The second kappa shape index (κ2) is 31.2. The number of hydrogen-bond donors (Lipinski definition) is 2. The summed E-state index contributed by atoms with van der Waals surface area (Å²) >= 11 is 0. The van der Waals surface area contributed by atoms with E-state index in [0.717, 1.165) is 100 Å². The van der Waals surface area contributed by atoms with Crippen LogP contribution in [0.2, 0.25) is 0 Å². The van der Waals surface area contributed by atoms with Gasteiger partial charge in [-0.25, -0.2) is 9.59 Å². The standard InChI is InChI=1S/C28H36F3N3O2.C27H34F3N3O2.C23H28F3N3/c1-26(2,3)36-25(35)34(23-15-22(23)21-9-6-5-7-10-21)19-27(13-8-14-27)18-33(4)17-20-11-12-24(32-16-20)28(29,30)31;1-25(2,3)35-24(34)33(22-14-21(22)20-8-5-4-6-9-20)18-26(12-7-13-26)17-31-15-19-10-11-23(32-16-19)27(28,29)30;1-29(14-17-8-9-21(27-13-17)23(24,25)26)16-22(10-5-11-22)15-28-20-12-19(20)18-6-3-2-4-7-18/h5-7,9-12,16,22-23H,8,13-15,17-19H2,1-4H3;4-6,8-11,16,21-22,31H,7,12-15,17-18H2,1-3H3;2-4,6-9,13,19-20,28H,5,10-12,14-16H2,1H3/t22?,23-;21?,22-;19?,20-/m000/s1. The highest BCUT2D eigenvalue weighted by Crippen LogP contribution is 2.52. The number of carbonyl (C=O) groups is 2. The van der Waals surface area contributed by atoms with Crippen molar-refractivity contribution in [2.45, 2.75) is 204 Å². The van der Waals surface area contributed by atoms with Gasteiger partial charge in [0.2, 0.25) is 0 Å². The zero-order valence-electron chi connectivity index (χ0n) is 58.8. The molecule has 2 amide bonds. The molecule has 3 aromatic carbocycles. The van der Waals surface area contributed by atoms with Gasteiger partial charge in [-0.15, -0.1) is 0 Å². The lowest BCUT2D eigenvalue weighted by Crippen LogP contribution is -2.52. The van der Waals surface area contributed by atoms with Crippen LogP contribution >= 0.6 is 0 Å². The summed E-state index contributed by atoms with van der Waals surface area (Å²) in [4.78, 5) is 45.4. The molecule has 0 spiro atoms. The van der Waals surface area contributed by atoms with Gasteiger partial charge in [-0.05, 0) is 170 Å². The summed E-state index contributed by atoms with van der Waals surface area (Å²) in [5, 5.41) is 7.17. The molecule has 0 aliphatic heterocycles. The minimum Gasteiger partial charge on any atom is -0.444 e. The predicted octanol–water partition coefficient (Wildman–Crippen LogP) is 17.5. The summed E-state index contributed by atoms with van der Waals surface area (Å²) in [6.45, 7) is 17.4. The van der Waals surface area contributed by atoms with Crippen LogP contribution in [-0.4, -0.2) is 129 Å². The molecule has 6 saturated carbocycles. The number of ether oxygens (including phenoxy) is 2. The van der Waals surface area contributed by atoms with E-state index >= 15 is 0 Å². The van der Waals surface area contributed by atoms with Gasteiger partial charge in [0.1, 0.15) is 28.3 Å². The summed E-state index contributed by atoms with van der Waals surface area (Å²) in [6, 6.07) is 39.6. The zero-order valence-corrected chi connectivity index (χ0v) is 58.8. The molecule has 13 nitrogen and oxygen atoms in total. The van der Waals surface area contributed by atoms with Gasteiger partial charge in [0.05, 0.1) is 0 Å². The predicted molar refractivity (Wildman–Crippen MR) is 368 cm³/mol. The van der Waals surface area contributed by atoms with E-state index in [1.807, 2.05) is 102 Å². The molecule has 6 aromatic rings. The van der Waals surface area contributed by atoms with Crippen LogP contribution in [0.25, 0.3) is 0 Å².